The Morgan fingerprint density at radius 3 is 2.61 bits per heavy atom. The van der Waals surface area contributed by atoms with Crippen LogP contribution in [-0.4, -0.2) is 43.4 Å². The Bertz CT molecular complexity index is 849. The minimum Gasteiger partial charge on any atom is -0.385 e. The van der Waals surface area contributed by atoms with E-state index in [4.69, 9.17) is 4.74 Å². The number of benzene rings is 1. The molecule has 1 aromatic heterocycles. The van der Waals surface area contributed by atoms with Crippen molar-refractivity contribution < 1.29 is 9.13 Å². The molecule has 1 atom stereocenters. The third-order valence-electron chi connectivity index (χ3n) is 6.34. The quantitative estimate of drug-likeness (QED) is 0.496. The van der Waals surface area contributed by atoms with Crippen molar-refractivity contribution in [3.8, 4) is 11.1 Å². The summed E-state index contributed by atoms with van der Waals surface area (Å²) in [5.41, 5.74) is 2.52. The fourth-order valence-corrected chi connectivity index (χ4v) is 4.43. The molecule has 2 fully saturated rings. The van der Waals surface area contributed by atoms with Crippen LogP contribution in [0.1, 0.15) is 45.4 Å². The van der Waals surface area contributed by atoms with Crippen LogP contribution in [0.2, 0.25) is 0 Å². The number of nitrogens with zero attached hydrogens (tertiary/aromatic N) is 1. The van der Waals surface area contributed by atoms with Gasteiger partial charge in [-0.15, -0.1) is 0 Å². The second-order valence-corrected chi connectivity index (χ2v) is 9.17. The van der Waals surface area contributed by atoms with Crippen LogP contribution in [0.4, 0.5) is 15.9 Å². The van der Waals surface area contributed by atoms with Gasteiger partial charge in [-0.25, -0.2) is 9.37 Å². The lowest BCUT2D eigenvalue weighted by atomic mass is 9.90. The zero-order chi connectivity index (χ0) is 21.6. The zero-order valence-corrected chi connectivity index (χ0v) is 18.7. The van der Waals surface area contributed by atoms with Crippen LogP contribution < -0.4 is 16.0 Å². The predicted octanol–water partition coefficient (Wildman–Crippen LogP) is 5.06. The van der Waals surface area contributed by atoms with Gasteiger partial charge in [0.05, 0.1) is 12.8 Å². The molecule has 0 aliphatic heterocycles. The molecule has 31 heavy (non-hydrogen) atoms. The van der Waals surface area contributed by atoms with E-state index in [1.807, 2.05) is 30.3 Å². The van der Waals surface area contributed by atoms with Gasteiger partial charge in [0.2, 0.25) is 0 Å². The van der Waals surface area contributed by atoms with Gasteiger partial charge in [-0.1, -0.05) is 12.1 Å². The molecule has 3 N–H and O–H groups in total. The molecule has 0 unspecified atom stereocenters. The minimum absolute atomic E-state index is 0.287. The van der Waals surface area contributed by atoms with Crippen molar-refractivity contribution >= 4 is 11.5 Å². The lowest BCUT2D eigenvalue weighted by Crippen LogP contribution is -2.42. The van der Waals surface area contributed by atoms with Crippen molar-refractivity contribution in [3.63, 3.8) is 0 Å². The molecule has 2 aliphatic carbocycles. The van der Waals surface area contributed by atoms with Crippen LogP contribution in [0, 0.1) is 11.7 Å². The lowest BCUT2D eigenvalue weighted by molar-refractivity contribution is 0.161. The lowest BCUT2D eigenvalue weighted by Gasteiger charge is -2.31. The number of hydrogen-bond donors (Lipinski definition) is 3. The normalized spacial score (nSPS) is 22.2. The molecule has 168 valence electrons. The molecule has 0 amide bonds. The maximum absolute atomic E-state index is 14.6. The van der Waals surface area contributed by atoms with Crippen LogP contribution in [0.25, 0.3) is 11.1 Å². The summed E-state index contributed by atoms with van der Waals surface area (Å²) in [5.74, 6) is 1.26. The monoisotopic (exact) mass is 426 g/mol. The summed E-state index contributed by atoms with van der Waals surface area (Å²) in [4.78, 5) is 4.31. The average Bonchev–Trinajstić information content (AvgIpc) is 3.60. The summed E-state index contributed by atoms with van der Waals surface area (Å²) in [5, 5.41) is 10.7. The van der Waals surface area contributed by atoms with E-state index in [0.29, 0.717) is 23.7 Å². The number of anilines is 2. The third kappa shape index (κ3) is 6.40. The maximum atomic E-state index is 14.6. The highest BCUT2D eigenvalue weighted by Crippen LogP contribution is 2.31. The molecule has 0 saturated heterocycles. The Kier molecular flexibility index (Phi) is 7.41. The van der Waals surface area contributed by atoms with Gasteiger partial charge in [0.25, 0.3) is 0 Å². The molecular weight excluding hydrogens is 391 g/mol. The highest BCUT2D eigenvalue weighted by molar-refractivity contribution is 5.70. The number of pyridine rings is 1. The second-order valence-electron chi connectivity index (χ2n) is 9.17. The van der Waals surface area contributed by atoms with Crippen LogP contribution in [0.5, 0.6) is 0 Å². The molecule has 0 bridgehead atoms. The van der Waals surface area contributed by atoms with Gasteiger partial charge in [0.1, 0.15) is 11.6 Å². The Hall–Kier alpha value is -2.18. The number of hydrogen-bond acceptors (Lipinski definition) is 5. The Labute approximate surface area is 185 Å². The second kappa shape index (κ2) is 10.4. The van der Waals surface area contributed by atoms with Gasteiger partial charge in [-0.05, 0) is 75.1 Å². The zero-order valence-electron chi connectivity index (χ0n) is 18.7. The Balaban J connectivity index is 1.35. The highest BCUT2D eigenvalue weighted by Gasteiger charge is 2.23. The topological polar surface area (TPSA) is 58.2 Å². The van der Waals surface area contributed by atoms with Gasteiger partial charge in [-0.3, -0.25) is 0 Å². The van der Waals surface area contributed by atoms with Gasteiger partial charge < -0.3 is 20.7 Å². The first-order chi connectivity index (χ1) is 15.1. The molecule has 6 heteroatoms. The van der Waals surface area contributed by atoms with E-state index in [2.05, 4.69) is 27.9 Å². The first-order valence-electron chi connectivity index (χ1n) is 11.6. The van der Waals surface area contributed by atoms with Crippen molar-refractivity contribution in [2.24, 2.45) is 5.92 Å². The molecule has 0 spiro atoms. The Morgan fingerprint density at radius 1 is 1.10 bits per heavy atom. The third-order valence-corrected chi connectivity index (χ3v) is 6.34. The molecule has 2 aromatic rings. The summed E-state index contributed by atoms with van der Waals surface area (Å²) in [6.07, 6.45) is 8.35. The van der Waals surface area contributed by atoms with E-state index in [0.717, 1.165) is 61.8 Å². The fraction of sp³-hybridized carbons (Fsp3) is 0.560. The van der Waals surface area contributed by atoms with E-state index in [1.54, 1.807) is 7.11 Å². The number of halogens is 1. The first kappa shape index (κ1) is 22.0. The van der Waals surface area contributed by atoms with E-state index >= 15 is 0 Å². The van der Waals surface area contributed by atoms with E-state index in [-0.39, 0.29) is 5.82 Å². The van der Waals surface area contributed by atoms with Crippen LogP contribution >= 0.6 is 0 Å². The number of methoxy groups -OCH3 is 1. The van der Waals surface area contributed by atoms with E-state index in [1.165, 1.54) is 19.0 Å². The highest BCUT2D eigenvalue weighted by atomic mass is 19.1. The van der Waals surface area contributed by atoms with Crippen molar-refractivity contribution in [2.75, 3.05) is 30.9 Å². The van der Waals surface area contributed by atoms with Crippen LogP contribution in [0.15, 0.2) is 36.5 Å². The van der Waals surface area contributed by atoms with Gasteiger partial charge in [-0.2, -0.15) is 0 Å². The predicted molar refractivity (Wildman–Crippen MR) is 125 cm³/mol. The van der Waals surface area contributed by atoms with Crippen molar-refractivity contribution in [1.82, 2.24) is 10.3 Å². The van der Waals surface area contributed by atoms with Gasteiger partial charge in [0, 0.05) is 43.0 Å². The standard InChI is InChI=1S/C25H35FN4O/c1-17(16-31-2)29-20-8-10-21(11-9-20)30-25-13-23(24(26)15-28-25)19-4-3-5-22(12-19)27-14-18-6-7-18/h3-5,12-13,15,17-18,20-21,27,29H,6-11,14,16H2,1-2H3,(H,28,30)/t17-,20-,21-/m1/s1. The smallest absolute Gasteiger partial charge is 0.149 e. The first-order valence-corrected chi connectivity index (χ1v) is 11.6. The van der Waals surface area contributed by atoms with E-state index < -0.39 is 0 Å². The summed E-state index contributed by atoms with van der Waals surface area (Å²) < 4.78 is 19.8. The summed E-state index contributed by atoms with van der Waals surface area (Å²) in [6.45, 7) is 3.89. The molecule has 2 saturated carbocycles. The number of aromatic nitrogens is 1. The molecule has 1 aromatic carbocycles. The fourth-order valence-electron chi connectivity index (χ4n) is 4.43. The number of ether oxygens (including phenoxy) is 1. The molecular formula is C25H35FN4O. The maximum Gasteiger partial charge on any atom is 0.149 e. The molecule has 5 nitrogen and oxygen atoms in total. The minimum atomic E-state index is -0.287. The van der Waals surface area contributed by atoms with Crippen molar-refractivity contribution in [3.05, 3.63) is 42.3 Å². The van der Waals surface area contributed by atoms with Crippen LogP contribution in [-0.2, 0) is 4.74 Å². The summed E-state index contributed by atoms with van der Waals surface area (Å²) in [6, 6.07) is 11.1. The van der Waals surface area contributed by atoms with Crippen LogP contribution in [0.3, 0.4) is 0 Å². The van der Waals surface area contributed by atoms with E-state index in [9.17, 15) is 4.39 Å². The number of nitrogens with one attached hydrogen (secondary N) is 3. The molecule has 4 rings (SSSR count). The number of rotatable bonds is 10. The Morgan fingerprint density at radius 2 is 1.87 bits per heavy atom. The van der Waals surface area contributed by atoms with Gasteiger partial charge >= 0.3 is 0 Å². The average molecular weight is 427 g/mol. The summed E-state index contributed by atoms with van der Waals surface area (Å²) >= 11 is 0. The van der Waals surface area contributed by atoms with Crippen molar-refractivity contribution in [1.29, 1.82) is 0 Å². The SMILES string of the molecule is COC[C@@H](C)N[C@H]1CC[C@H](Nc2cc(-c3cccc(NCC4CC4)c3)c(F)cn2)CC1. The van der Waals surface area contributed by atoms with Gasteiger partial charge in [0.15, 0.2) is 0 Å². The van der Waals surface area contributed by atoms with Crippen molar-refractivity contribution in [2.45, 2.75) is 63.6 Å². The molecule has 0 radical (unpaired) electrons. The molecule has 1 heterocycles. The summed E-state index contributed by atoms with van der Waals surface area (Å²) in [7, 11) is 1.74. The molecule has 2 aliphatic rings. The largest absolute Gasteiger partial charge is 0.385 e.